The summed E-state index contributed by atoms with van der Waals surface area (Å²) in [4.78, 5) is 24.3. The zero-order valence-corrected chi connectivity index (χ0v) is 12.0. The van der Waals surface area contributed by atoms with E-state index in [0.29, 0.717) is 5.69 Å². The molecule has 0 saturated carbocycles. The molecule has 0 radical (unpaired) electrons. The third-order valence-electron chi connectivity index (χ3n) is 2.49. The van der Waals surface area contributed by atoms with E-state index in [2.05, 4.69) is 5.32 Å². The topological polar surface area (TPSA) is 69.6 Å². The van der Waals surface area contributed by atoms with E-state index in [9.17, 15) is 19.1 Å². The summed E-state index contributed by atoms with van der Waals surface area (Å²) in [6.07, 6.45) is 0. The number of carbonyl (C=O) groups is 2. The van der Waals surface area contributed by atoms with Crippen LogP contribution in [0.2, 0.25) is 0 Å². The number of rotatable bonds is 4. The van der Waals surface area contributed by atoms with Crippen LogP contribution in [0.25, 0.3) is 0 Å². The van der Waals surface area contributed by atoms with Crippen LogP contribution in [0.1, 0.15) is 31.1 Å². The molecule has 0 aromatic heterocycles. The highest BCUT2D eigenvalue weighted by Crippen LogP contribution is 2.17. The maximum Gasteiger partial charge on any atom is 0.256 e. The molecule has 1 aromatic rings. The molecule has 2 amide bonds. The molecule has 0 aliphatic carbocycles. The van der Waals surface area contributed by atoms with Crippen molar-refractivity contribution in [1.82, 2.24) is 4.90 Å². The lowest BCUT2D eigenvalue weighted by atomic mass is 10.1. The van der Waals surface area contributed by atoms with Crippen LogP contribution in [0.4, 0.5) is 10.1 Å². The van der Waals surface area contributed by atoms with Crippen LogP contribution in [0, 0.1) is 5.82 Å². The van der Waals surface area contributed by atoms with Gasteiger partial charge < -0.3 is 15.3 Å². The lowest BCUT2D eigenvalue weighted by Crippen LogP contribution is -2.40. The molecule has 0 unspecified atom stereocenters. The molecule has 110 valence electrons. The highest BCUT2D eigenvalue weighted by molar-refractivity contribution is 5.97. The molecule has 1 rings (SSSR count). The molecule has 0 fully saturated rings. The van der Waals surface area contributed by atoms with Gasteiger partial charge >= 0.3 is 0 Å². The Morgan fingerprint density at radius 3 is 2.50 bits per heavy atom. The molecule has 20 heavy (non-hydrogen) atoms. The van der Waals surface area contributed by atoms with E-state index in [1.807, 2.05) is 0 Å². The van der Waals surface area contributed by atoms with Gasteiger partial charge in [0.05, 0.1) is 11.2 Å². The third kappa shape index (κ3) is 4.62. The van der Waals surface area contributed by atoms with Crippen LogP contribution in [0.5, 0.6) is 0 Å². The second-order valence-corrected chi connectivity index (χ2v) is 5.35. The van der Waals surface area contributed by atoms with Crippen molar-refractivity contribution < 1.29 is 19.1 Å². The van der Waals surface area contributed by atoms with Crippen molar-refractivity contribution in [3.63, 3.8) is 0 Å². The first-order valence-electron chi connectivity index (χ1n) is 6.15. The number of nitrogens with zero attached hydrogens (tertiary/aromatic N) is 1. The van der Waals surface area contributed by atoms with Gasteiger partial charge in [0.15, 0.2) is 0 Å². The Morgan fingerprint density at radius 1 is 1.40 bits per heavy atom. The van der Waals surface area contributed by atoms with E-state index in [1.54, 1.807) is 13.8 Å². The molecular formula is C14H19FN2O3. The first-order chi connectivity index (χ1) is 9.10. The average Bonchev–Trinajstić information content (AvgIpc) is 2.28. The summed E-state index contributed by atoms with van der Waals surface area (Å²) in [5.74, 6) is -1.54. The molecule has 0 heterocycles. The van der Waals surface area contributed by atoms with Crippen LogP contribution >= 0.6 is 0 Å². The highest BCUT2D eigenvalue weighted by atomic mass is 19.1. The van der Waals surface area contributed by atoms with Crippen molar-refractivity contribution in [3.8, 4) is 0 Å². The van der Waals surface area contributed by atoms with E-state index in [0.717, 1.165) is 6.07 Å². The number of benzene rings is 1. The smallest absolute Gasteiger partial charge is 0.256 e. The van der Waals surface area contributed by atoms with E-state index in [-0.39, 0.29) is 18.0 Å². The quantitative estimate of drug-likeness (QED) is 0.881. The minimum Gasteiger partial charge on any atom is -0.389 e. The van der Waals surface area contributed by atoms with Crippen LogP contribution in [-0.4, -0.2) is 41.0 Å². The Hall–Kier alpha value is -1.95. The first kappa shape index (κ1) is 16.1. The first-order valence-corrected chi connectivity index (χ1v) is 6.15. The number of likely N-dealkylation sites (N-methyl/N-ethyl adjacent to an activating group) is 1. The minimum atomic E-state index is -1.07. The number of nitrogens with one attached hydrogen (secondary N) is 1. The lowest BCUT2D eigenvalue weighted by molar-refractivity contribution is -0.114. The zero-order valence-electron chi connectivity index (χ0n) is 12.0. The van der Waals surface area contributed by atoms with Gasteiger partial charge in [-0.15, -0.1) is 0 Å². The third-order valence-corrected chi connectivity index (χ3v) is 2.49. The van der Waals surface area contributed by atoms with Gasteiger partial charge in [-0.1, -0.05) is 0 Å². The number of halogens is 1. The number of hydrogen-bond donors (Lipinski definition) is 2. The van der Waals surface area contributed by atoms with E-state index >= 15 is 0 Å². The number of aliphatic hydroxyl groups is 1. The maximum absolute atomic E-state index is 13.7. The molecular weight excluding hydrogens is 263 g/mol. The summed E-state index contributed by atoms with van der Waals surface area (Å²) in [5, 5.41) is 12.2. The Labute approximate surface area is 117 Å². The average molecular weight is 282 g/mol. The Morgan fingerprint density at radius 2 is 2.00 bits per heavy atom. The molecule has 1 aromatic carbocycles. The fourth-order valence-electron chi connectivity index (χ4n) is 1.83. The summed E-state index contributed by atoms with van der Waals surface area (Å²) in [7, 11) is 1.48. The SMILES string of the molecule is CC(=O)Nc1ccc(F)c(C(=O)N(C)CC(C)(C)O)c1. The molecule has 0 atom stereocenters. The van der Waals surface area contributed by atoms with Gasteiger partial charge in [-0.3, -0.25) is 9.59 Å². The molecule has 5 nitrogen and oxygen atoms in total. The van der Waals surface area contributed by atoms with Crippen molar-refractivity contribution >= 4 is 17.5 Å². The predicted octanol–water partition coefficient (Wildman–Crippen LogP) is 1.63. The number of amides is 2. The Bertz CT molecular complexity index is 524. The largest absolute Gasteiger partial charge is 0.389 e. The van der Waals surface area contributed by atoms with Gasteiger partial charge in [0, 0.05) is 26.2 Å². The lowest BCUT2D eigenvalue weighted by Gasteiger charge is -2.25. The molecule has 0 aliphatic heterocycles. The normalized spacial score (nSPS) is 11.1. The van der Waals surface area contributed by atoms with Gasteiger partial charge in [0.1, 0.15) is 5.82 Å². The predicted molar refractivity (Wildman–Crippen MR) is 74.0 cm³/mol. The summed E-state index contributed by atoms with van der Waals surface area (Å²) in [6, 6.07) is 3.78. The zero-order chi connectivity index (χ0) is 15.5. The molecule has 0 saturated heterocycles. The number of carbonyl (C=O) groups excluding carboxylic acids is 2. The van der Waals surface area contributed by atoms with Gasteiger partial charge in [-0.05, 0) is 32.0 Å². The van der Waals surface area contributed by atoms with E-state index < -0.39 is 17.3 Å². The molecule has 2 N–H and O–H groups in total. The fraction of sp³-hybridized carbons (Fsp3) is 0.429. The van der Waals surface area contributed by atoms with Crippen LogP contribution in [-0.2, 0) is 4.79 Å². The van der Waals surface area contributed by atoms with Crippen molar-refractivity contribution in [2.75, 3.05) is 18.9 Å². The van der Waals surface area contributed by atoms with Crippen molar-refractivity contribution in [1.29, 1.82) is 0 Å². The van der Waals surface area contributed by atoms with Gasteiger partial charge in [0.25, 0.3) is 5.91 Å². The summed E-state index contributed by atoms with van der Waals surface area (Å²) < 4.78 is 13.7. The van der Waals surface area contributed by atoms with Gasteiger partial charge in [-0.2, -0.15) is 0 Å². The van der Waals surface area contributed by atoms with Crippen molar-refractivity contribution in [2.24, 2.45) is 0 Å². The van der Waals surface area contributed by atoms with E-state index in [1.165, 1.54) is 31.0 Å². The van der Waals surface area contributed by atoms with Crippen LogP contribution in [0.15, 0.2) is 18.2 Å². The fourth-order valence-corrected chi connectivity index (χ4v) is 1.83. The second kappa shape index (κ2) is 6.00. The summed E-state index contributed by atoms with van der Waals surface area (Å²) in [6.45, 7) is 4.50. The summed E-state index contributed by atoms with van der Waals surface area (Å²) in [5.41, 5.74) is -0.877. The Balaban J connectivity index is 2.99. The van der Waals surface area contributed by atoms with Crippen LogP contribution < -0.4 is 5.32 Å². The maximum atomic E-state index is 13.7. The van der Waals surface area contributed by atoms with Gasteiger partial charge in [0.2, 0.25) is 5.91 Å². The number of hydrogen-bond acceptors (Lipinski definition) is 3. The van der Waals surface area contributed by atoms with Crippen molar-refractivity contribution in [2.45, 2.75) is 26.4 Å². The van der Waals surface area contributed by atoms with Crippen LogP contribution in [0.3, 0.4) is 0 Å². The van der Waals surface area contributed by atoms with Gasteiger partial charge in [-0.25, -0.2) is 4.39 Å². The molecule has 6 heteroatoms. The minimum absolute atomic E-state index is 0.0651. The monoisotopic (exact) mass is 282 g/mol. The highest BCUT2D eigenvalue weighted by Gasteiger charge is 2.22. The number of anilines is 1. The second-order valence-electron chi connectivity index (χ2n) is 5.35. The summed E-state index contributed by atoms with van der Waals surface area (Å²) >= 11 is 0. The van der Waals surface area contributed by atoms with Crippen molar-refractivity contribution in [3.05, 3.63) is 29.6 Å². The standard InChI is InChI=1S/C14H19FN2O3/c1-9(18)16-10-5-6-12(15)11(7-10)13(19)17(4)8-14(2,3)20/h5-7,20H,8H2,1-4H3,(H,16,18). The molecule has 0 aliphatic rings. The Kier molecular flexibility index (Phi) is 4.83. The molecule has 0 bridgehead atoms. The van der Waals surface area contributed by atoms with E-state index in [4.69, 9.17) is 0 Å². The molecule has 0 spiro atoms.